The number of aryl methyl sites for hydroxylation is 3. The van der Waals surface area contributed by atoms with E-state index in [0.29, 0.717) is 0 Å². The first-order chi connectivity index (χ1) is 19.3. The summed E-state index contributed by atoms with van der Waals surface area (Å²) in [5.41, 5.74) is 12.1. The van der Waals surface area contributed by atoms with Crippen LogP contribution in [0.1, 0.15) is 56.9 Å². The Balaban J connectivity index is 0.000000541. The van der Waals surface area contributed by atoms with Crippen molar-refractivity contribution in [2.75, 3.05) is 0 Å². The van der Waals surface area contributed by atoms with E-state index in [1.165, 1.54) is 62.9 Å². The van der Waals surface area contributed by atoms with Gasteiger partial charge in [0.15, 0.2) is 5.78 Å². The fourth-order valence-electron chi connectivity index (χ4n) is 4.87. The molecule has 3 aromatic carbocycles. The van der Waals surface area contributed by atoms with Crippen molar-refractivity contribution in [3.63, 3.8) is 0 Å². The molecular formula is C37H38IrNO2S-. The maximum atomic E-state index is 10.0. The van der Waals surface area contributed by atoms with Gasteiger partial charge in [0.05, 0.1) is 16.0 Å². The number of hydrogen-bond donors (Lipinski definition) is 1. The number of carbonyl (C=O) groups is 1. The number of pyridine rings is 1. The second kappa shape index (κ2) is 13.7. The van der Waals surface area contributed by atoms with Crippen LogP contribution in [0, 0.1) is 26.8 Å². The molecule has 1 radical (unpaired) electrons. The number of nitrogens with zero attached hydrogens (tertiary/aromatic N) is 1. The van der Waals surface area contributed by atoms with Crippen LogP contribution in [0.5, 0.6) is 0 Å². The van der Waals surface area contributed by atoms with Crippen LogP contribution >= 0.6 is 11.3 Å². The van der Waals surface area contributed by atoms with Crippen molar-refractivity contribution < 1.29 is 30.0 Å². The van der Waals surface area contributed by atoms with Crippen molar-refractivity contribution in [3.8, 4) is 32.8 Å². The second-order valence-electron chi connectivity index (χ2n) is 11.6. The van der Waals surface area contributed by atoms with Gasteiger partial charge in [0.1, 0.15) is 0 Å². The maximum Gasteiger partial charge on any atom is 0.155 e. The van der Waals surface area contributed by atoms with E-state index >= 15 is 0 Å². The van der Waals surface area contributed by atoms with Crippen LogP contribution in [0.2, 0.25) is 0 Å². The molecule has 0 aliphatic carbocycles. The SMILES string of the molecule is CC(=O)/C=C(/C)O.Cc1[c-]c(-c2ccc3sc(-c4ccc(-c5c(C)cccc5C)cc4)cc3n2)cc(C(C)(C)C)c1.[Ir]. The molecule has 0 saturated heterocycles. The van der Waals surface area contributed by atoms with Gasteiger partial charge in [0.2, 0.25) is 0 Å². The fraction of sp³-hybridized carbons (Fsp3) is 0.243. The Morgan fingerprint density at radius 1 is 0.881 bits per heavy atom. The van der Waals surface area contributed by atoms with Gasteiger partial charge in [-0.15, -0.1) is 46.2 Å². The molecule has 3 nitrogen and oxygen atoms in total. The summed E-state index contributed by atoms with van der Waals surface area (Å²) < 4.78 is 1.21. The van der Waals surface area contributed by atoms with Crippen molar-refractivity contribution in [2.24, 2.45) is 0 Å². The van der Waals surface area contributed by atoms with Crippen molar-refractivity contribution >= 4 is 27.3 Å². The Kier molecular flexibility index (Phi) is 10.8. The molecule has 2 aromatic heterocycles. The summed E-state index contributed by atoms with van der Waals surface area (Å²) in [6, 6.07) is 30.0. The summed E-state index contributed by atoms with van der Waals surface area (Å²) in [4.78, 5) is 16.3. The van der Waals surface area contributed by atoms with E-state index in [2.05, 4.69) is 120 Å². The zero-order valence-electron chi connectivity index (χ0n) is 25.5. The summed E-state index contributed by atoms with van der Waals surface area (Å²) in [7, 11) is 0. The van der Waals surface area contributed by atoms with Crippen LogP contribution < -0.4 is 0 Å². The van der Waals surface area contributed by atoms with E-state index in [0.717, 1.165) is 22.3 Å². The number of fused-ring (bicyclic) bond motifs is 1. The number of hydrogen-bond acceptors (Lipinski definition) is 4. The molecule has 0 atom stereocenters. The first kappa shape index (κ1) is 33.1. The molecule has 2 heterocycles. The van der Waals surface area contributed by atoms with E-state index in [9.17, 15) is 4.79 Å². The predicted molar refractivity (Wildman–Crippen MR) is 175 cm³/mol. The summed E-state index contributed by atoms with van der Waals surface area (Å²) >= 11 is 1.80. The smallest absolute Gasteiger partial charge is 0.155 e. The minimum atomic E-state index is -0.125. The minimum Gasteiger partial charge on any atom is -0.512 e. The van der Waals surface area contributed by atoms with Crippen LogP contribution in [-0.2, 0) is 30.3 Å². The molecule has 219 valence electrons. The average Bonchev–Trinajstić information content (AvgIpc) is 3.31. The molecular weight excluding hydrogens is 715 g/mol. The number of rotatable bonds is 4. The van der Waals surface area contributed by atoms with Gasteiger partial charge in [-0.2, -0.15) is 0 Å². The Bertz CT molecular complexity index is 1720. The maximum absolute atomic E-state index is 10.0. The van der Waals surface area contributed by atoms with Gasteiger partial charge in [0, 0.05) is 31.1 Å². The monoisotopic (exact) mass is 753 g/mol. The summed E-state index contributed by atoms with van der Waals surface area (Å²) in [5, 5.41) is 8.36. The molecule has 42 heavy (non-hydrogen) atoms. The second-order valence-corrected chi connectivity index (χ2v) is 12.7. The first-order valence-electron chi connectivity index (χ1n) is 13.8. The number of thiophene rings is 1. The Morgan fingerprint density at radius 2 is 1.50 bits per heavy atom. The molecule has 0 saturated carbocycles. The average molecular weight is 753 g/mol. The molecule has 0 fully saturated rings. The molecule has 0 spiro atoms. The fourth-order valence-corrected chi connectivity index (χ4v) is 5.87. The molecule has 0 bridgehead atoms. The number of aliphatic hydroxyl groups excluding tert-OH is 1. The van der Waals surface area contributed by atoms with Gasteiger partial charge < -0.3 is 5.11 Å². The molecule has 0 aliphatic heterocycles. The summed E-state index contributed by atoms with van der Waals surface area (Å²) in [6.07, 6.45) is 1.17. The largest absolute Gasteiger partial charge is 0.512 e. The van der Waals surface area contributed by atoms with Crippen molar-refractivity contribution in [2.45, 2.75) is 60.8 Å². The van der Waals surface area contributed by atoms with Crippen molar-refractivity contribution in [1.29, 1.82) is 0 Å². The van der Waals surface area contributed by atoms with Crippen molar-refractivity contribution in [3.05, 3.63) is 113 Å². The molecule has 5 aromatic rings. The van der Waals surface area contributed by atoms with Gasteiger partial charge >= 0.3 is 0 Å². The van der Waals surface area contributed by atoms with Crippen LogP contribution in [0.15, 0.2) is 84.6 Å². The minimum absolute atomic E-state index is 0. The predicted octanol–water partition coefficient (Wildman–Crippen LogP) is 10.4. The van der Waals surface area contributed by atoms with Gasteiger partial charge in [-0.1, -0.05) is 76.2 Å². The Labute approximate surface area is 267 Å². The summed E-state index contributed by atoms with van der Waals surface area (Å²) in [6.45, 7) is 16.1. The summed E-state index contributed by atoms with van der Waals surface area (Å²) in [5.74, 6) is -0.0625. The zero-order chi connectivity index (χ0) is 29.9. The van der Waals surface area contributed by atoms with E-state index in [4.69, 9.17) is 10.1 Å². The topological polar surface area (TPSA) is 50.2 Å². The number of ketones is 1. The zero-order valence-corrected chi connectivity index (χ0v) is 28.8. The van der Waals surface area contributed by atoms with Gasteiger partial charge in [-0.3, -0.25) is 9.78 Å². The number of aromatic nitrogens is 1. The van der Waals surface area contributed by atoms with E-state index in [1.54, 1.807) is 11.3 Å². The molecule has 5 rings (SSSR count). The van der Waals surface area contributed by atoms with Gasteiger partial charge in [-0.25, -0.2) is 0 Å². The first-order valence-corrected chi connectivity index (χ1v) is 14.6. The molecule has 0 aliphatic rings. The van der Waals surface area contributed by atoms with Crippen LogP contribution in [-0.4, -0.2) is 15.9 Å². The molecule has 1 N–H and O–H groups in total. The quantitative estimate of drug-likeness (QED) is 0.113. The third-order valence-corrected chi connectivity index (χ3v) is 8.01. The molecule has 0 amide bonds. The van der Waals surface area contributed by atoms with Crippen LogP contribution in [0.25, 0.3) is 43.0 Å². The normalized spacial score (nSPS) is 11.5. The number of allylic oxidation sites excluding steroid dienone is 2. The van der Waals surface area contributed by atoms with Crippen LogP contribution in [0.3, 0.4) is 0 Å². The van der Waals surface area contributed by atoms with Crippen molar-refractivity contribution in [1.82, 2.24) is 4.98 Å². The number of aliphatic hydroxyl groups is 1. The van der Waals surface area contributed by atoms with E-state index in [-0.39, 0.29) is 37.1 Å². The van der Waals surface area contributed by atoms with Crippen LogP contribution in [0.4, 0.5) is 0 Å². The standard InChI is InChI=1S/C32H30NS.C5H8O2.Ir/c1-20-16-25(18-26(17-20)32(4,5)6)27-14-15-29-28(33-27)19-30(34-29)23-10-12-24(13-11-23)31-21(2)8-7-9-22(31)3;1-4(6)3-5(2)7;/h7-15,17-19H,1-6H3;3,6H,1-2H3;/q-1;;/b;4-3-;. The molecule has 0 unspecified atom stereocenters. The molecule has 5 heteroatoms. The van der Waals surface area contributed by atoms with E-state index in [1.807, 2.05) is 0 Å². The number of carbonyl (C=O) groups excluding carboxylic acids is 1. The number of benzene rings is 3. The van der Waals surface area contributed by atoms with Gasteiger partial charge in [-0.05, 0) is 78.8 Å². The third-order valence-electron chi connectivity index (χ3n) is 6.87. The third kappa shape index (κ3) is 8.13. The van der Waals surface area contributed by atoms with E-state index < -0.39 is 0 Å². The Morgan fingerprint density at radius 3 is 2.05 bits per heavy atom. The Hall–Kier alpha value is -3.37. The van der Waals surface area contributed by atoms with Gasteiger partial charge in [0.25, 0.3) is 0 Å².